The summed E-state index contributed by atoms with van der Waals surface area (Å²) in [4.78, 5) is 10.9. The normalized spacial score (nSPS) is 18.6. The van der Waals surface area contributed by atoms with Gasteiger partial charge in [0.05, 0.1) is 5.41 Å². The zero-order valence-corrected chi connectivity index (χ0v) is 10.6. The van der Waals surface area contributed by atoms with Crippen molar-refractivity contribution >= 4 is 5.97 Å². The number of carboxylic acid groups (broad SMARTS) is 1. The number of carbonyl (C=O) groups is 1. The molecule has 0 aromatic heterocycles. The maximum atomic E-state index is 10.9. The molecule has 3 heteroatoms. The molecule has 1 aliphatic rings. The first-order valence-electron chi connectivity index (χ1n) is 6.46. The molecule has 0 bridgehead atoms. The van der Waals surface area contributed by atoms with Crippen LogP contribution in [0.1, 0.15) is 52.4 Å². The third-order valence-corrected chi connectivity index (χ3v) is 3.60. The molecule has 0 saturated heterocycles. The van der Waals surface area contributed by atoms with Gasteiger partial charge in [0.2, 0.25) is 0 Å². The van der Waals surface area contributed by atoms with Gasteiger partial charge in [-0.1, -0.05) is 32.1 Å². The highest BCUT2D eigenvalue weighted by atomic mass is 16.4. The van der Waals surface area contributed by atoms with E-state index in [1.165, 1.54) is 38.5 Å². The largest absolute Gasteiger partial charge is 0.481 e. The average molecular weight is 227 g/mol. The Morgan fingerprint density at radius 1 is 1.31 bits per heavy atom. The predicted octanol–water partition coefficient (Wildman–Crippen LogP) is 2.66. The first kappa shape index (κ1) is 13.5. The maximum Gasteiger partial charge on any atom is 0.310 e. The van der Waals surface area contributed by atoms with E-state index in [0.29, 0.717) is 6.54 Å². The highest BCUT2D eigenvalue weighted by Gasteiger charge is 2.26. The molecule has 0 unspecified atom stereocenters. The van der Waals surface area contributed by atoms with Crippen LogP contribution in [-0.4, -0.2) is 24.2 Å². The molecule has 0 radical (unpaired) electrons. The van der Waals surface area contributed by atoms with Crippen molar-refractivity contribution in [1.82, 2.24) is 5.32 Å². The van der Waals surface area contributed by atoms with Gasteiger partial charge in [-0.15, -0.1) is 0 Å². The lowest BCUT2D eigenvalue weighted by Crippen LogP contribution is -2.36. The second kappa shape index (κ2) is 6.24. The van der Waals surface area contributed by atoms with Crippen molar-refractivity contribution in [3.8, 4) is 0 Å². The van der Waals surface area contributed by atoms with Gasteiger partial charge in [-0.25, -0.2) is 0 Å². The molecule has 1 fully saturated rings. The lowest BCUT2D eigenvalue weighted by Gasteiger charge is -2.23. The van der Waals surface area contributed by atoms with Crippen LogP contribution >= 0.6 is 0 Å². The molecule has 0 atom stereocenters. The smallest absolute Gasteiger partial charge is 0.310 e. The minimum atomic E-state index is -0.724. The van der Waals surface area contributed by atoms with E-state index < -0.39 is 11.4 Å². The first-order valence-corrected chi connectivity index (χ1v) is 6.46. The molecule has 3 nitrogen and oxygen atoms in total. The average Bonchev–Trinajstić information content (AvgIpc) is 2.26. The van der Waals surface area contributed by atoms with Gasteiger partial charge in [0.25, 0.3) is 0 Å². The highest BCUT2D eigenvalue weighted by Crippen LogP contribution is 2.25. The minimum absolute atomic E-state index is 0.565. The Balaban J connectivity index is 2.09. The number of hydrogen-bond acceptors (Lipinski definition) is 2. The predicted molar refractivity (Wildman–Crippen MR) is 65.5 cm³/mol. The van der Waals surface area contributed by atoms with E-state index in [4.69, 9.17) is 5.11 Å². The topological polar surface area (TPSA) is 49.3 Å². The van der Waals surface area contributed by atoms with E-state index in [0.717, 1.165) is 12.5 Å². The molecule has 0 heterocycles. The van der Waals surface area contributed by atoms with Crippen molar-refractivity contribution in [2.75, 3.05) is 13.1 Å². The molecule has 2 N–H and O–H groups in total. The molecule has 94 valence electrons. The van der Waals surface area contributed by atoms with Crippen molar-refractivity contribution in [2.45, 2.75) is 52.4 Å². The number of nitrogens with one attached hydrogen (secondary N) is 1. The molecule has 0 aliphatic heterocycles. The fraction of sp³-hybridized carbons (Fsp3) is 0.923. The van der Waals surface area contributed by atoms with E-state index in [1.54, 1.807) is 13.8 Å². The molecule has 0 aromatic rings. The van der Waals surface area contributed by atoms with E-state index in [-0.39, 0.29) is 0 Å². The van der Waals surface area contributed by atoms with Crippen LogP contribution < -0.4 is 5.32 Å². The fourth-order valence-corrected chi connectivity index (χ4v) is 2.26. The quantitative estimate of drug-likeness (QED) is 0.686. The van der Waals surface area contributed by atoms with Gasteiger partial charge in [0.15, 0.2) is 0 Å². The summed E-state index contributed by atoms with van der Waals surface area (Å²) in [5, 5.41) is 12.2. The Morgan fingerprint density at radius 3 is 2.50 bits per heavy atom. The van der Waals surface area contributed by atoms with Crippen LogP contribution in [0.2, 0.25) is 0 Å². The Bertz CT molecular complexity index is 220. The number of hydrogen-bond donors (Lipinski definition) is 2. The van der Waals surface area contributed by atoms with Crippen molar-refractivity contribution in [3.05, 3.63) is 0 Å². The van der Waals surface area contributed by atoms with Gasteiger partial charge in [-0.05, 0) is 32.7 Å². The third kappa shape index (κ3) is 4.52. The molecule has 16 heavy (non-hydrogen) atoms. The summed E-state index contributed by atoms with van der Waals surface area (Å²) in [6, 6.07) is 0. The van der Waals surface area contributed by atoms with Crippen LogP contribution in [0.15, 0.2) is 0 Å². The van der Waals surface area contributed by atoms with Gasteiger partial charge in [-0.2, -0.15) is 0 Å². The number of aliphatic carboxylic acids is 1. The van der Waals surface area contributed by atoms with Gasteiger partial charge >= 0.3 is 5.97 Å². The number of carboxylic acids is 1. The molecule has 1 rings (SSSR count). The second-order valence-corrected chi connectivity index (χ2v) is 5.66. The zero-order chi connectivity index (χ0) is 12.0. The summed E-state index contributed by atoms with van der Waals surface area (Å²) in [5.74, 6) is 0.145. The Morgan fingerprint density at radius 2 is 1.94 bits per heavy atom. The molecular weight excluding hydrogens is 202 g/mol. The van der Waals surface area contributed by atoms with Crippen LogP contribution in [0.25, 0.3) is 0 Å². The molecule has 0 spiro atoms. The zero-order valence-electron chi connectivity index (χ0n) is 10.6. The van der Waals surface area contributed by atoms with Crippen LogP contribution in [-0.2, 0) is 4.79 Å². The van der Waals surface area contributed by atoms with Crippen LogP contribution in [0.3, 0.4) is 0 Å². The Hall–Kier alpha value is -0.570. The molecule has 0 amide bonds. The molecule has 1 aliphatic carbocycles. The Labute approximate surface area is 98.6 Å². The van der Waals surface area contributed by atoms with Crippen molar-refractivity contribution < 1.29 is 9.90 Å². The summed E-state index contributed by atoms with van der Waals surface area (Å²) in [5.41, 5.74) is -0.646. The van der Waals surface area contributed by atoms with Gasteiger partial charge in [-0.3, -0.25) is 4.79 Å². The maximum absolute atomic E-state index is 10.9. The van der Waals surface area contributed by atoms with Crippen LogP contribution in [0.5, 0.6) is 0 Å². The highest BCUT2D eigenvalue weighted by molar-refractivity contribution is 5.73. The summed E-state index contributed by atoms with van der Waals surface area (Å²) in [7, 11) is 0. The summed E-state index contributed by atoms with van der Waals surface area (Å²) < 4.78 is 0. The molecule has 0 aromatic carbocycles. The fourth-order valence-electron chi connectivity index (χ4n) is 2.26. The first-order chi connectivity index (χ1) is 7.52. The summed E-state index contributed by atoms with van der Waals surface area (Å²) in [6.45, 7) is 5.06. The SMILES string of the molecule is CC(C)(CNCCC1CCCCC1)C(=O)O. The van der Waals surface area contributed by atoms with Crippen molar-refractivity contribution in [1.29, 1.82) is 0 Å². The van der Waals surface area contributed by atoms with E-state index in [2.05, 4.69) is 5.32 Å². The minimum Gasteiger partial charge on any atom is -0.481 e. The van der Waals surface area contributed by atoms with Gasteiger partial charge in [0.1, 0.15) is 0 Å². The van der Waals surface area contributed by atoms with Crippen LogP contribution in [0, 0.1) is 11.3 Å². The summed E-state index contributed by atoms with van der Waals surface area (Å²) >= 11 is 0. The lowest BCUT2D eigenvalue weighted by molar-refractivity contribution is -0.146. The third-order valence-electron chi connectivity index (χ3n) is 3.60. The Kier molecular flexibility index (Phi) is 5.26. The standard InChI is InChI=1S/C13H25NO2/c1-13(2,12(15)16)10-14-9-8-11-6-4-3-5-7-11/h11,14H,3-10H2,1-2H3,(H,15,16). The van der Waals surface area contributed by atoms with E-state index >= 15 is 0 Å². The van der Waals surface area contributed by atoms with E-state index in [9.17, 15) is 4.79 Å². The summed E-state index contributed by atoms with van der Waals surface area (Å²) in [6.07, 6.45) is 8.09. The monoisotopic (exact) mass is 227 g/mol. The molecule has 1 saturated carbocycles. The van der Waals surface area contributed by atoms with Crippen molar-refractivity contribution in [2.24, 2.45) is 11.3 Å². The van der Waals surface area contributed by atoms with E-state index in [1.807, 2.05) is 0 Å². The van der Waals surface area contributed by atoms with Gasteiger partial charge < -0.3 is 10.4 Å². The van der Waals surface area contributed by atoms with Crippen molar-refractivity contribution in [3.63, 3.8) is 0 Å². The van der Waals surface area contributed by atoms with Crippen LogP contribution in [0.4, 0.5) is 0 Å². The lowest BCUT2D eigenvalue weighted by atomic mass is 9.87. The van der Waals surface area contributed by atoms with Gasteiger partial charge in [0, 0.05) is 6.54 Å². The molecular formula is C13H25NO2. The number of rotatable bonds is 6. The second-order valence-electron chi connectivity index (χ2n) is 5.66.